The van der Waals surface area contributed by atoms with Gasteiger partial charge >= 0.3 is 5.97 Å². The second-order valence-corrected chi connectivity index (χ2v) is 8.49. The summed E-state index contributed by atoms with van der Waals surface area (Å²) in [6.45, 7) is 11.8. The van der Waals surface area contributed by atoms with E-state index < -0.39 is 5.97 Å². The van der Waals surface area contributed by atoms with Crippen LogP contribution < -0.4 is 10.2 Å². The number of benzene rings is 2. The summed E-state index contributed by atoms with van der Waals surface area (Å²) in [5, 5.41) is 0.396. The van der Waals surface area contributed by atoms with Crippen LogP contribution >= 0.6 is 0 Å². The number of ether oxygens (including phenoxy) is 1. The number of rotatable bonds is 3. The van der Waals surface area contributed by atoms with Crippen LogP contribution in [0.4, 0.5) is 0 Å². The van der Waals surface area contributed by atoms with Gasteiger partial charge in [0.2, 0.25) is 11.2 Å². The second kappa shape index (κ2) is 7.27. The van der Waals surface area contributed by atoms with E-state index in [0.29, 0.717) is 16.5 Å². The van der Waals surface area contributed by atoms with Crippen LogP contribution in [-0.2, 0) is 10.2 Å². The summed E-state index contributed by atoms with van der Waals surface area (Å²) in [5.41, 5.74) is 2.98. The first-order chi connectivity index (χ1) is 13.1. The highest BCUT2D eigenvalue weighted by atomic mass is 16.5. The lowest BCUT2D eigenvalue weighted by atomic mass is 9.86. The molecule has 2 aromatic carbocycles. The minimum atomic E-state index is -0.466. The van der Waals surface area contributed by atoms with E-state index in [1.165, 1.54) is 0 Å². The summed E-state index contributed by atoms with van der Waals surface area (Å²) in [5.74, 6) is -0.605. The van der Waals surface area contributed by atoms with E-state index in [4.69, 9.17) is 9.15 Å². The van der Waals surface area contributed by atoms with E-state index in [1.54, 1.807) is 19.9 Å². The molecule has 4 heteroatoms. The number of hydrogen-bond acceptors (Lipinski definition) is 4. The summed E-state index contributed by atoms with van der Waals surface area (Å²) in [6.07, 6.45) is 0. The van der Waals surface area contributed by atoms with E-state index in [2.05, 4.69) is 20.8 Å². The standard InChI is InChI=1S/C24H26O4/c1-14(2)23(26)28-22-20(25)18-12-7-15(3)13-19(18)27-21(22)16-8-10-17(11-9-16)24(4,5)6/h7-14H,1-6H3. The molecular weight excluding hydrogens is 352 g/mol. The van der Waals surface area contributed by atoms with Crippen LogP contribution in [0.25, 0.3) is 22.3 Å². The van der Waals surface area contributed by atoms with Crippen molar-refractivity contribution in [3.05, 3.63) is 63.8 Å². The molecule has 3 rings (SSSR count). The zero-order valence-electron chi connectivity index (χ0n) is 17.3. The summed E-state index contributed by atoms with van der Waals surface area (Å²) in [4.78, 5) is 25.3. The van der Waals surface area contributed by atoms with Gasteiger partial charge < -0.3 is 9.15 Å². The van der Waals surface area contributed by atoms with E-state index >= 15 is 0 Å². The van der Waals surface area contributed by atoms with Gasteiger partial charge in [-0.3, -0.25) is 9.59 Å². The molecule has 0 fully saturated rings. The van der Waals surface area contributed by atoms with Gasteiger partial charge in [-0.1, -0.05) is 65.0 Å². The first-order valence-electron chi connectivity index (χ1n) is 9.48. The van der Waals surface area contributed by atoms with Crippen molar-refractivity contribution in [2.45, 2.75) is 47.0 Å². The smallest absolute Gasteiger partial charge is 0.314 e. The molecule has 0 saturated carbocycles. The minimum Gasteiger partial charge on any atom is -0.452 e. The minimum absolute atomic E-state index is 0.00675. The van der Waals surface area contributed by atoms with E-state index in [9.17, 15) is 9.59 Å². The number of hydrogen-bond donors (Lipinski definition) is 0. The number of aryl methyl sites for hydroxylation is 1. The van der Waals surface area contributed by atoms with Gasteiger partial charge in [-0.25, -0.2) is 0 Å². The summed E-state index contributed by atoms with van der Waals surface area (Å²) in [7, 11) is 0. The molecule has 0 bridgehead atoms. The Labute approximate surface area is 165 Å². The lowest BCUT2D eigenvalue weighted by Gasteiger charge is -2.19. The molecule has 0 amide bonds. The molecule has 0 radical (unpaired) electrons. The van der Waals surface area contributed by atoms with Gasteiger partial charge in [-0.05, 0) is 35.6 Å². The first kappa shape index (κ1) is 19.9. The number of carbonyl (C=O) groups is 1. The largest absolute Gasteiger partial charge is 0.452 e. The van der Waals surface area contributed by atoms with Crippen LogP contribution in [0.5, 0.6) is 5.75 Å². The molecule has 0 saturated heterocycles. The highest BCUT2D eigenvalue weighted by molar-refractivity contribution is 5.85. The van der Waals surface area contributed by atoms with Crippen LogP contribution in [0.3, 0.4) is 0 Å². The van der Waals surface area contributed by atoms with Gasteiger partial charge in [0.05, 0.1) is 11.3 Å². The molecule has 0 spiro atoms. The van der Waals surface area contributed by atoms with Crippen LogP contribution in [0, 0.1) is 12.8 Å². The molecule has 0 N–H and O–H groups in total. The highest BCUT2D eigenvalue weighted by Crippen LogP contribution is 2.33. The highest BCUT2D eigenvalue weighted by Gasteiger charge is 2.22. The van der Waals surface area contributed by atoms with E-state index in [-0.39, 0.29) is 28.3 Å². The summed E-state index contributed by atoms with van der Waals surface area (Å²) < 4.78 is 11.6. The Balaban J connectivity index is 2.24. The predicted octanol–water partition coefficient (Wildman–Crippen LogP) is 5.63. The molecular formula is C24H26O4. The summed E-state index contributed by atoms with van der Waals surface area (Å²) in [6, 6.07) is 13.2. The van der Waals surface area contributed by atoms with Crippen LogP contribution in [0.2, 0.25) is 0 Å². The molecule has 28 heavy (non-hydrogen) atoms. The van der Waals surface area contributed by atoms with Gasteiger partial charge in [0.15, 0.2) is 5.76 Å². The third-order valence-corrected chi connectivity index (χ3v) is 4.69. The van der Waals surface area contributed by atoms with Crippen molar-refractivity contribution in [1.29, 1.82) is 0 Å². The number of fused-ring (bicyclic) bond motifs is 1. The van der Waals surface area contributed by atoms with Gasteiger partial charge in [-0.15, -0.1) is 0 Å². The van der Waals surface area contributed by atoms with Gasteiger partial charge in [-0.2, -0.15) is 0 Å². The number of esters is 1. The van der Waals surface area contributed by atoms with Crippen LogP contribution in [-0.4, -0.2) is 5.97 Å². The molecule has 1 heterocycles. The second-order valence-electron chi connectivity index (χ2n) is 8.49. The molecule has 0 atom stereocenters. The molecule has 0 aliphatic rings. The van der Waals surface area contributed by atoms with Gasteiger partial charge in [0.1, 0.15) is 5.58 Å². The Morgan fingerprint density at radius 2 is 1.68 bits per heavy atom. The predicted molar refractivity (Wildman–Crippen MR) is 112 cm³/mol. The average molecular weight is 378 g/mol. The maximum absolute atomic E-state index is 13.1. The molecule has 0 unspecified atom stereocenters. The fourth-order valence-corrected chi connectivity index (χ4v) is 2.91. The quantitative estimate of drug-likeness (QED) is 0.555. The SMILES string of the molecule is Cc1ccc2c(=O)c(OC(=O)C(C)C)c(-c3ccc(C(C)(C)C)cc3)oc2c1. The van der Waals surface area contributed by atoms with Gasteiger partial charge in [0, 0.05) is 5.56 Å². The Morgan fingerprint density at radius 3 is 2.25 bits per heavy atom. The topological polar surface area (TPSA) is 56.5 Å². The number of carbonyl (C=O) groups excluding carboxylic acids is 1. The average Bonchev–Trinajstić information content (AvgIpc) is 2.62. The summed E-state index contributed by atoms with van der Waals surface area (Å²) >= 11 is 0. The molecule has 4 nitrogen and oxygen atoms in total. The van der Waals surface area contributed by atoms with Crippen molar-refractivity contribution in [3.63, 3.8) is 0 Å². The zero-order valence-corrected chi connectivity index (χ0v) is 17.3. The molecule has 146 valence electrons. The van der Waals surface area contributed by atoms with Crippen molar-refractivity contribution in [3.8, 4) is 17.1 Å². The van der Waals surface area contributed by atoms with Crippen LogP contribution in [0.15, 0.2) is 51.7 Å². The van der Waals surface area contributed by atoms with E-state index in [0.717, 1.165) is 11.1 Å². The molecule has 3 aromatic rings. The monoisotopic (exact) mass is 378 g/mol. The first-order valence-corrected chi connectivity index (χ1v) is 9.48. The molecule has 0 aliphatic heterocycles. The molecule has 0 aliphatic carbocycles. The van der Waals surface area contributed by atoms with Crippen LogP contribution in [0.1, 0.15) is 45.7 Å². The Morgan fingerprint density at radius 1 is 1.04 bits per heavy atom. The third kappa shape index (κ3) is 3.86. The lowest BCUT2D eigenvalue weighted by Crippen LogP contribution is -2.20. The third-order valence-electron chi connectivity index (χ3n) is 4.69. The molecule has 1 aromatic heterocycles. The van der Waals surface area contributed by atoms with Crippen molar-refractivity contribution >= 4 is 16.9 Å². The van der Waals surface area contributed by atoms with Crippen molar-refractivity contribution in [2.75, 3.05) is 0 Å². The maximum atomic E-state index is 13.1. The Kier molecular flexibility index (Phi) is 5.16. The Bertz CT molecular complexity index is 1080. The zero-order chi connectivity index (χ0) is 20.6. The van der Waals surface area contributed by atoms with Crippen molar-refractivity contribution in [2.24, 2.45) is 5.92 Å². The normalized spacial score (nSPS) is 11.8. The fraction of sp³-hybridized carbons (Fsp3) is 0.333. The van der Waals surface area contributed by atoms with E-state index in [1.807, 2.05) is 43.3 Å². The fourth-order valence-electron chi connectivity index (χ4n) is 2.91. The maximum Gasteiger partial charge on any atom is 0.314 e. The lowest BCUT2D eigenvalue weighted by molar-refractivity contribution is -0.137. The Hall–Kier alpha value is -2.88. The van der Waals surface area contributed by atoms with Gasteiger partial charge in [0.25, 0.3) is 0 Å². The van der Waals surface area contributed by atoms with Crippen molar-refractivity contribution < 1.29 is 13.9 Å². The van der Waals surface area contributed by atoms with Crippen molar-refractivity contribution in [1.82, 2.24) is 0 Å².